The Bertz CT molecular complexity index is 1200. The van der Waals surface area contributed by atoms with Crippen LogP contribution < -0.4 is 5.32 Å². The Morgan fingerprint density at radius 1 is 1.21 bits per heavy atom. The fourth-order valence-corrected chi connectivity index (χ4v) is 4.92. The molecule has 3 rings (SSSR count). The second-order valence-corrected chi connectivity index (χ2v) is 9.36. The lowest BCUT2D eigenvalue weighted by molar-refractivity contribution is -0.384. The van der Waals surface area contributed by atoms with Crippen LogP contribution in [0.5, 0.6) is 0 Å². The van der Waals surface area contributed by atoms with Crippen molar-refractivity contribution in [1.82, 2.24) is 4.31 Å². The molecule has 1 heterocycles. The summed E-state index contributed by atoms with van der Waals surface area (Å²) in [5.41, 5.74) is 0.0884. The third-order valence-corrected chi connectivity index (χ3v) is 7.15. The fraction of sp³-hybridized carbons (Fsp3) is 0.300. The number of carbonyl (C=O) groups excluding carboxylic acids is 2. The Labute approximate surface area is 194 Å². The van der Waals surface area contributed by atoms with Gasteiger partial charge in [0.15, 0.2) is 6.61 Å². The van der Waals surface area contributed by atoms with Gasteiger partial charge in [-0.3, -0.25) is 14.9 Å². The number of nitrogens with zero attached hydrogens (tertiary/aromatic N) is 2. The third-order valence-electron chi connectivity index (χ3n) is 4.77. The number of halogens is 1. The number of esters is 1. The summed E-state index contributed by atoms with van der Waals surface area (Å²) < 4.78 is 37.3. The zero-order valence-electron chi connectivity index (χ0n) is 17.4. The number of carbonyl (C=O) groups is 2. The molecular weight excluding hydrogens is 478 g/mol. The van der Waals surface area contributed by atoms with E-state index >= 15 is 0 Å². The van der Waals surface area contributed by atoms with Gasteiger partial charge in [-0.15, -0.1) is 0 Å². The minimum absolute atomic E-state index is 0.0440. The van der Waals surface area contributed by atoms with E-state index < -0.39 is 33.4 Å². The van der Waals surface area contributed by atoms with Crippen LogP contribution in [-0.2, 0) is 24.3 Å². The molecule has 1 fully saturated rings. The molecule has 2 aromatic carbocycles. The van der Waals surface area contributed by atoms with Crippen molar-refractivity contribution in [3.05, 3.63) is 62.7 Å². The number of nitro groups is 1. The molecule has 1 N–H and O–H groups in total. The van der Waals surface area contributed by atoms with Gasteiger partial charge in [0.25, 0.3) is 11.6 Å². The summed E-state index contributed by atoms with van der Waals surface area (Å²) in [4.78, 5) is 34.7. The number of nitrogens with one attached hydrogen (secondary N) is 1. The number of nitro benzene ring substituents is 1. The maximum absolute atomic E-state index is 13.0. The lowest BCUT2D eigenvalue weighted by Crippen LogP contribution is -2.40. The van der Waals surface area contributed by atoms with Gasteiger partial charge in [0.1, 0.15) is 0 Å². The highest BCUT2D eigenvalue weighted by atomic mass is 35.5. The molecule has 0 aliphatic carbocycles. The van der Waals surface area contributed by atoms with Crippen LogP contribution >= 0.6 is 11.6 Å². The number of hydrogen-bond donors (Lipinski definition) is 1. The molecule has 11 nitrogen and oxygen atoms in total. The normalized spacial score (nSPS) is 14.5. The van der Waals surface area contributed by atoms with Gasteiger partial charge in [0, 0.05) is 30.9 Å². The number of rotatable bonds is 7. The Hall–Kier alpha value is -3.06. The van der Waals surface area contributed by atoms with Crippen LogP contribution in [0, 0.1) is 17.0 Å². The topological polar surface area (TPSA) is 145 Å². The Morgan fingerprint density at radius 2 is 1.91 bits per heavy atom. The zero-order chi connectivity index (χ0) is 24.2. The van der Waals surface area contributed by atoms with Crippen molar-refractivity contribution in [2.75, 3.05) is 38.2 Å². The molecule has 0 bridgehead atoms. The number of aryl methyl sites for hydroxylation is 1. The standard InChI is InChI=1S/C20H20ClN3O8S/c1-13-2-3-14(10-18(13)33(29,30)23-6-8-31-9-7-23)22-19(25)12-32-20(26)16-11-15(24(27)28)4-5-17(16)21/h2-5,10-11H,6-9,12H2,1H3,(H,22,25). The number of non-ortho nitro benzene ring substituents is 1. The first-order valence-electron chi connectivity index (χ1n) is 9.69. The van der Waals surface area contributed by atoms with Crippen molar-refractivity contribution in [2.24, 2.45) is 0 Å². The number of sulfonamides is 1. The Morgan fingerprint density at radius 3 is 2.58 bits per heavy atom. The Kier molecular flexibility index (Phi) is 7.64. The molecule has 0 spiro atoms. The van der Waals surface area contributed by atoms with Crippen LogP contribution in [0.4, 0.5) is 11.4 Å². The smallest absolute Gasteiger partial charge is 0.340 e. The van der Waals surface area contributed by atoms with Crippen LogP contribution in [0.2, 0.25) is 5.02 Å². The van der Waals surface area contributed by atoms with Crippen LogP contribution in [0.25, 0.3) is 0 Å². The highest BCUT2D eigenvalue weighted by molar-refractivity contribution is 7.89. The molecule has 0 atom stereocenters. The zero-order valence-corrected chi connectivity index (χ0v) is 19.0. The average Bonchev–Trinajstić information content (AvgIpc) is 2.79. The second-order valence-electron chi connectivity index (χ2n) is 7.04. The van der Waals surface area contributed by atoms with Gasteiger partial charge in [0.2, 0.25) is 10.0 Å². The second kappa shape index (κ2) is 10.3. The summed E-state index contributed by atoms with van der Waals surface area (Å²) >= 11 is 5.89. The van der Waals surface area contributed by atoms with Gasteiger partial charge in [-0.05, 0) is 30.7 Å². The first-order valence-corrected chi connectivity index (χ1v) is 11.5. The minimum Gasteiger partial charge on any atom is -0.452 e. The Balaban J connectivity index is 1.68. The molecule has 33 heavy (non-hydrogen) atoms. The number of morpholine rings is 1. The minimum atomic E-state index is -3.78. The van der Waals surface area contributed by atoms with E-state index in [2.05, 4.69) is 5.32 Å². The van der Waals surface area contributed by atoms with Crippen molar-refractivity contribution < 1.29 is 32.4 Å². The summed E-state index contributed by atoms with van der Waals surface area (Å²) in [5, 5.41) is 13.3. The van der Waals surface area contributed by atoms with Crippen molar-refractivity contribution in [2.45, 2.75) is 11.8 Å². The number of benzene rings is 2. The van der Waals surface area contributed by atoms with E-state index in [-0.39, 0.29) is 39.9 Å². The van der Waals surface area contributed by atoms with E-state index in [1.54, 1.807) is 13.0 Å². The van der Waals surface area contributed by atoms with Gasteiger partial charge in [-0.25, -0.2) is 13.2 Å². The van der Waals surface area contributed by atoms with E-state index in [0.717, 1.165) is 12.1 Å². The predicted molar refractivity (Wildman–Crippen MR) is 118 cm³/mol. The maximum atomic E-state index is 13.0. The molecule has 1 aliphatic heterocycles. The molecule has 1 aliphatic rings. The highest BCUT2D eigenvalue weighted by Gasteiger charge is 2.28. The number of hydrogen-bond acceptors (Lipinski definition) is 8. The number of anilines is 1. The van der Waals surface area contributed by atoms with Gasteiger partial charge >= 0.3 is 5.97 Å². The molecule has 0 radical (unpaired) electrons. The summed E-state index contributed by atoms with van der Waals surface area (Å²) in [6.07, 6.45) is 0. The molecule has 0 saturated carbocycles. The molecule has 2 aromatic rings. The quantitative estimate of drug-likeness (QED) is 0.348. The SMILES string of the molecule is Cc1ccc(NC(=O)COC(=O)c2cc([N+](=O)[O-])ccc2Cl)cc1S(=O)(=O)N1CCOCC1. The van der Waals surface area contributed by atoms with Crippen molar-refractivity contribution >= 4 is 44.9 Å². The number of amides is 1. The van der Waals surface area contributed by atoms with Crippen LogP contribution in [0.15, 0.2) is 41.3 Å². The summed E-state index contributed by atoms with van der Waals surface area (Å²) in [6, 6.07) is 7.66. The van der Waals surface area contributed by atoms with E-state index in [0.29, 0.717) is 18.8 Å². The van der Waals surface area contributed by atoms with Crippen molar-refractivity contribution in [3.8, 4) is 0 Å². The van der Waals surface area contributed by atoms with Gasteiger partial charge in [0.05, 0.1) is 33.6 Å². The lowest BCUT2D eigenvalue weighted by Gasteiger charge is -2.26. The van der Waals surface area contributed by atoms with Crippen molar-refractivity contribution in [1.29, 1.82) is 0 Å². The average molecular weight is 498 g/mol. The third kappa shape index (κ3) is 5.85. The predicted octanol–water partition coefficient (Wildman–Crippen LogP) is 2.37. The lowest BCUT2D eigenvalue weighted by atomic mass is 10.2. The van der Waals surface area contributed by atoms with Crippen LogP contribution in [-0.4, -0.2) is 62.4 Å². The van der Waals surface area contributed by atoms with E-state index in [9.17, 15) is 28.1 Å². The summed E-state index contributed by atoms with van der Waals surface area (Å²) in [7, 11) is -3.78. The van der Waals surface area contributed by atoms with Gasteiger partial charge in [-0.1, -0.05) is 17.7 Å². The molecule has 0 aromatic heterocycles. The molecule has 1 amide bonds. The molecule has 0 unspecified atom stereocenters. The van der Waals surface area contributed by atoms with E-state index in [1.165, 1.54) is 22.5 Å². The highest BCUT2D eigenvalue weighted by Crippen LogP contribution is 2.25. The van der Waals surface area contributed by atoms with Gasteiger partial charge in [-0.2, -0.15) is 4.31 Å². The molecule has 1 saturated heterocycles. The molecular formula is C20H20ClN3O8S. The first kappa shape index (κ1) is 24.6. The first-order chi connectivity index (χ1) is 15.6. The molecule has 13 heteroatoms. The van der Waals surface area contributed by atoms with E-state index in [1.807, 2.05) is 0 Å². The monoisotopic (exact) mass is 497 g/mol. The summed E-state index contributed by atoms with van der Waals surface area (Å²) in [5.74, 6) is -1.75. The van der Waals surface area contributed by atoms with Gasteiger partial charge < -0.3 is 14.8 Å². The van der Waals surface area contributed by atoms with Crippen LogP contribution in [0.3, 0.4) is 0 Å². The largest absolute Gasteiger partial charge is 0.452 e. The molecule has 176 valence electrons. The fourth-order valence-electron chi connectivity index (χ4n) is 3.07. The van der Waals surface area contributed by atoms with E-state index in [4.69, 9.17) is 21.1 Å². The van der Waals surface area contributed by atoms with Crippen molar-refractivity contribution in [3.63, 3.8) is 0 Å². The van der Waals surface area contributed by atoms with Crippen LogP contribution in [0.1, 0.15) is 15.9 Å². The summed E-state index contributed by atoms with van der Waals surface area (Å²) in [6.45, 7) is 1.99. The number of ether oxygens (including phenoxy) is 2. The maximum Gasteiger partial charge on any atom is 0.340 e.